The number of amides is 2. The molecule has 2 amide bonds. The van der Waals surface area contributed by atoms with Crippen LogP contribution in [0.5, 0.6) is 0 Å². The molecule has 41 heavy (non-hydrogen) atoms. The Morgan fingerprint density at radius 3 is 2.07 bits per heavy atom. The van der Waals surface area contributed by atoms with Crippen molar-refractivity contribution in [3.05, 3.63) is 101 Å². The smallest absolute Gasteiger partial charge is 0.354 e. The number of carbonyl (C=O) groups excluding carboxylic acids is 2. The molecule has 220 valence electrons. The Hall–Kier alpha value is -3.57. The number of benzene rings is 3. The minimum Gasteiger partial charge on any atom is -0.354 e. The summed E-state index contributed by atoms with van der Waals surface area (Å²) in [6, 6.07) is 19.4. The van der Waals surface area contributed by atoms with Crippen molar-refractivity contribution in [3.63, 3.8) is 0 Å². The maximum Gasteiger partial charge on any atom is 0.417 e. The second-order valence-electron chi connectivity index (χ2n) is 9.44. The molecule has 3 aromatic rings. The van der Waals surface area contributed by atoms with E-state index < -0.39 is 51.2 Å². The van der Waals surface area contributed by atoms with E-state index in [1.807, 2.05) is 13.0 Å². The molecule has 0 saturated heterocycles. The van der Waals surface area contributed by atoms with Crippen LogP contribution in [-0.4, -0.2) is 50.5 Å². The first-order valence-electron chi connectivity index (χ1n) is 12.8. The molecule has 1 atom stereocenters. The number of rotatable bonds is 12. The lowest BCUT2D eigenvalue weighted by atomic mass is 10.0. The van der Waals surface area contributed by atoms with E-state index in [0.717, 1.165) is 24.0 Å². The maximum atomic E-state index is 13.9. The fourth-order valence-corrected chi connectivity index (χ4v) is 5.27. The predicted molar refractivity (Wildman–Crippen MR) is 153 cm³/mol. The van der Waals surface area contributed by atoms with Gasteiger partial charge in [0.15, 0.2) is 0 Å². The van der Waals surface area contributed by atoms with Gasteiger partial charge >= 0.3 is 6.18 Å². The van der Waals surface area contributed by atoms with E-state index in [0.29, 0.717) is 28.9 Å². The summed E-state index contributed by atoms with van der Waals surface area (Å²) < 4.78 is 66.8. The molecule has 1 N–H and O–H groups in total. The van der Waals surface area contributed by atoms with Gasteiger partial charge < -0.3 is 10.2 Å². The predicted octanol–water partition coefficient (Wildman–Crippen LogP) is 5.29. The van der Waals surface area contributed by atoms with Gasteiger partial charge in [0, 0.05) is 19.5 Å². The van der Waals surface area contributed by atoms with Crippen LogP contribution >= 0.6 is 11.6 Å². The van der Waals surface area contributed by atoms with E-state index in [1.54, 1.807) is 54.6 Å². The van der Waals surface area contributed by atoms with Crippen LogP contribution in [0.4, 0.5) is 18.9 Å². The van der Waals surface area contributed by atoms with E-state index >= 15 is 0 Å². The molecule has 0 aromatic heterocycles. The molecular formula is C29H31ClF3N3O4S. The number of anilines is 1. The molecule has 12 heteroatoms. The molecule has 3 rings (SSSR count). The highest BCUT2D eigenvalue weighted by Gasteiger charge is 2.36. The third-order valence-corrected chi connectivity index (χ3v) is 7.71. The Bertz CT molecular complexity index is 1440. The molecule has 0 aliphatic rings. The summed E-state index contributed by atoms with van der Waals surface area (Å²) in [4.78, 5) is 28.6. The minimum atomic E-state index is -4.85. The van der Waals surface area contributed by atoms with E-state index in [9.17, 15) is 31.2 Å². The average Bonchev–Trinajstić information content (AvgIpc) is 2.92. The van der Waals surface area contributed by atoms with Crippen molar-refractivity contribution < 1.29 is 31.2 Å². The zero-order chi connectivity index (χ0) is 30.2. The van der Waals surface area contributed by atoms with Gasteiger partial charge in [0.05, 0.1) is 22.5 Å². The van der Waals surface area contributed by atoms with Crippen molar-refractivity contribution in [2.75, 3.05) is 23.7 Å². The van der Waals surface area contributed by atoms with E-state index in [4.69, 9.17) is 11.6 Å². The number of sulfonamides is 1. The van der Waals surface area contributed by atoms with E-state index in [-0.39, 0.29) is 18.7 Å². The van der Waals surface area contributed by atoms with Gasteiger partial charge in [-0.2, -0.15) is 13.2 Å². The first-order chi connectivity index (χ1) is 19.3. The van der Waals surface area contributed by atoms with Gasteiger partial charge in [-0.3, -0.25) is 13.9 Å². The Morgan fingerprint density at radius 1 is 0.951 bits per heavy atom. The lowest BCUT2D eigenvalue weighted by Gasteiger charge is -2.33. The van der Waals surface area contributed by atoms with Gasteiger partial charge in [0.1, 0.15) is 12.6 Å². The van der Waals surface area contributed by atoms with Crippen LogP contribution < -0.4 is 9.62 Å². The Kier molecular flexibility index (Phi) is 10.8. The van der Waals surface area contributed by atoms with Crippen LogP contribution in [0.2, 0.25) is 5.02 Å². The van der Waals surface area contributed by atoms with Crippen LogP contribution in [0.1, 0.15) is 30.0 Å². The first-order valence-corrected chi connectivity index (χ1v) is 15.0. The summed E-state index contributed by atoms with van der Waals surface area (Å²) in [7, 11) is -4.24. The van der Waals surface area contributed by atoms with Crippen LogP contribution in [-0.2, 0) is 38.8 Å². The molecule has 3 aromatic carbocycles. The highest BCUT2D eigenvalue weighted by atomic mass is 35.5. The molecule has 0 heterocycles. The van der Waals surface area contributed by atoms with Crippen molar-refractivity contribution in [2.45, 2.75) is 38.5 Å². The second kappa shape index (κ2) is 13.9. The van der Waals surface area contributed by atoms with Crippen LogP contribution in [0.3, 0.4) is 0 Å². The van der Waals surface area contributed by atoms with Gasteiger partial charge in [-0.1, -0.05) is 79.2 Å². The number of alkyl halides is 3. The van der Waals surface area contributed by atoms with Crippen LogP contribution in [0.25, 0.3) is 0 Å². The monoisotopic (exact) mass is 609 g/mol. The quantitative estimate of drug-likeness (QED) is 0.302. The van der Waals surface area contributed by atoms with Crippen molar-refractivity contribution in [1.82, 2.24) is 10.2 Å². The lowest BCUT2D eigenvalue weighted by Crippen LogP contribution is -2.53. The summed E-state index contributed by atoms with van der Waals surface area (Å²) in [6.45, 7) is 1.36. The largest absolute Gasteiger partial charge is 0.417 e. The number of hydrogen-bond acceptors (Lipinski definition) is 4. The molecule has 0 aliphatic heterocycles. The molecule has 0 aliphatic carbocycles. The number of hydrogen-bond donors (Lipinski definition) is 1. The topological polar surface area (TPSA) is 86.8 Å². The maximum absolute atomic E-state index is 13.9. The number of nitrogens with one attached hydrogen (secondary N) is 1. The minimum absolute atomic E-state index is 0.0389. The first kappa shape index (κ1) is 32.0. The van der Waals surface area contributed by atoms with Gasteiger partial charge in [-0.25, -0.2) is 8.42 Å². The highest BCUT2D eigenvalue weighted by molar-refractivity contribution is 7.92. The molecule has 0 spiro atoms. The fourth-order valence-electron chi connectivity index (χ4n) is 4.20. The second-order valence-corrected chi connectivity index (χ2v) is 11.7. The van der Waals surface area contributed by atoms with Crippen molar-refractivity contribution in [3.8, 4) is 0 Å². The number of carbonyl (C=O) groups is 2. The van der Waals surface area contributed by atoms with Gasteiger partial charge in [-0.05, 0) is 35.7 Å². The third-order valence-electron chi connectivity index (χ3n) is 6.24. The third kappa shape index (κ3) is 8.96. The van der Waals surface area contributed by atoms with Gasteiger partial charge in [0.25, 0.3) is 0 Å². The molecule has 7 nitrogen and oxygen atoms in total. The number of nitrogens with zero attached hydrogens (tertiary/aromatic N) is 2. The molecule has 0 radical (unpaired) electrons. The normalized spacial score (nSPS) is 12.4. The van der Waals surface area contributed by atoms with Crippen molar-refractivity contribution in [2.24, 2.45) is 0 Å². The molecule has 0 unspecified atom stereocenters. The molecular weight excluding hydrogens is 579 g/mol. The number of halogens is 4. The highest BCUT2D eigenvalue weighted by Crippen LogP contribution is 2.37. The van der Waals surface area contributed by atoms with Crippen LogP contribution in [0.15, 0.2) is 78.9 Å². The summed E-state index contributed by atoms with van der Waals surface area (Å²) in [6.07, 6.45) is -3.28. The lowest BCUT2D eigenvalue weighted by molar-refractivity contribution is -0.140. The van der Waals surface area contributed by atoms with Gasteiger partial charge in [-0.15, -0.1) is 0 Å². The summed E-state index contributed by atoms with van der Waals surface area (Å²) >= 11 is 5.73. The van der Waals surface area contributed by atoms with E-state index in [2.05, 4.69) is 5.32 Å². The zero-order valence-electron chi connectivity index (χ0n) is 22.6. The van der Waals surface area contributed by atoms with E-state index in [1.165, 1.54) is 4.90 Å². The van der Waals surface area contributed by atoms with Gasteiger partial charge in [0.2, 0.25) is 21.8 Å². The SMILES string of the molecule is CCCNC(=O)[C@@H](Cc1ccccc1)N(Cc1ccccc1)C(=O)CN(c1ccc(Cl)c(C(F)(F)F)c1)S(C)(=O)=O. The van der Waals surface area contributed by atoms with Crippen molar-refractivity contribution >= 4 is 39.1 Å². The Balaban J connectivity index is 2.07. The Morgan fingerprint density at radius 2 is 1.54 bits per heavy atom. The summed E-state index contributed by atoms with van der Waals surface area (Å²) in [5.41, 5.74) is -0.173. The standard InChI is InChI=1S/C29H31ClF3N3O4S/c1-3-16-34-28(38)26(17-21-10-6-4-7-11-21)35(19-22-12-8-5-9-13-22)27(37)20-36(41(2,39)40)23-14-15-25(30)24(18-23)29(31,32)33/h4-15,18,26H,3,16-17,19-20H2,1-2H3,(H,34,38)/t26-/m1/s1. The molecule has 0 saturated carbocycles. The zero-order valence-corrected chi connectivity index (χ0v) is 24.1. The Labute approximate surface area is 243 Å². The average molecular weight is 610 g/mol. The summed E-state index contributed by atoms with van der Waals surface area (Å²) in [5.74, 6) is -1.20. The molecule has 0 bridgehead atoms. The summed E-state index contributed by atoms with van der Waals surface area (Å²) in [5, 5.41) is 2.21. The van der Waals surface area contributed by atoms with Crippen molar-refractivity contribution in [1.29, 1.82) is 0 Å². The molecule has 0 fully saturated rings. The van der Waals surface area contributed by atoms with Crippen LogP contribution in [0, 0.1) is 0 Å². The fraction of sp³-hybridized carbons (Fsp3) is 0.310.